The monoisotopic (exact) mass is 450 g/mol. The zero-order chi connectivity index (χ0) is 23.1. The van der Waals surface area contributed by atoms with E-state index in [1.54, 1.807) is 29.2 Å². The van der Waals surface area contributed by atoms with Crippen molar-refractivity contribution in [1.29, 1.82) is 0 Å². The molecule has 9 heteroatoms. The summed E-state index contributed by atoms with van der Waals surface area (Å²) < 4.78 is 49.7. The van der Waals surface area contributed by atoms with Gasteiger partial charge in [0.05, 0.1) is 12.2 Å². The molecule has 1 heterocycles. The van der Waals surface area contributed by atoms with Gasteiger partial charge >= 0.3 is 6.18 Å². The number of alkyl halides is 3. The van der Waals surface area contributed by atoms with Crippen LogP contribution < -0.4 is 9.47 Å². The van der Waals surface area contributed by atoms with E-state index in [1.165, 1.54) is 17.0 Å². The highest BCUT2D eigenvalue weighted by Crippen LogP contribution is 2.29. The average Bonchev–Trinajstić information content (AvgIpc) is 2.81. The molecule has 0 bridgehead atoms. The molecule has 0 aliphatic carbocycles. The van der Waals surface area contributed by atoms with Gasteiger partial charge in [-0.1, -0.05) is 13.0 Å². The van der Waals surface area contributed by atoms with Gasteiger partial charge in [0.2, 0.25) is 0 Å². The largest absolute Gasteiger partial charge is 0.494 e. The van der Waals surface area contributed by atoms with Gasteiger partial charge in [-0.3, -0.25) is 9.59 Å². The summed E-state index contributed by atoms with van der Waals surface area (Å²) in [6.45, 7) is 3.56. The number of carbonyl (C=O) groups excluding carboxylic acids is 2. The first-order valence-electron chi connectivity index (χ1n) is 10.4. The van der Waals surface area contributed by atoms with E-state index in [9.17, 15) is 22.8 Å². The minimum Gasteiger partial charge on any atom is -0.494 e. The Balaban J connectivity index is 1.48. The molecular formula is C23H25F3N2O4. The van der Waals surface area contributed by atoms with Gasteiger partial charge in [-0.05, 0) is 48.9 Å². The van der Waals surface area contributed by atoms with Gasteiger partial charge < -0.3 is 19.3 Å². The van der Waals surface area contributed by atoms with E-state index in [1.807, 2.05) is 6.92 Å². The van der Waals surface area contributed by atoms with Crippen LogP contribution in [0.1, 0.15) is 29.3 Å². The molecule has 0 atom stereocenters. The van der Waals surface area contributed by atoms with Crippen molar-refractivity contribution in [3.63, 3.8) is 0 Å². The van der Waals surface area contributed by atoms with Crippen LogP contribution in [0.5, 0.6) is 11.5 Å². The molecule has 32 heavy (non-hydrogen) atoms. The lowest BCUT2D eigenvalue weighted by Gasteiger charge is -2.34. The number of amides is 2. The zero-order valence-corrected chi connectivity index (χ0v) is 17.7. The molecule has 3 rings (SSSR count). The maximum Gasteiger partial charge on any atom is 0.416 e. The SMILES string of the molecule is CCCOc1ccc(OCC(=O)N2CCN(C(=O)c3cccc(C(F)(F)F)c3)CC2)cc1. The zero-order valence-electron chi connectivity index (χ0n) is 17.7. The van der Waals surface area contributed by atoms with E-state index in [2.05, 4.69) is 0 Å². The minimum absolute atomic E-state index is 0.0192. The molecule has 1 saturated heterocycles. The van der Waals surface area contributed by atoms with Crippen LogP contribution in [0.2, 0.25) is 0 Å². The highest BCUT2D eigenvalue weighted by Gasteiger charge is 2.32. The van der Waals surface area contributed by atoms with Crippen molar-refractivity contribution < 1.29 is 32.2 Å². The third-order valence-corrected chi connectivity index (χ3v) is 5.02. The molecule has 1 aliphatic heterocycles. The topological polar surface area (TPSA) is 59.1 Å². The second-order valence-corrected chi connectivity index (χ2v) is 7.36. The number of hydrogen-bond donors (Lipinski definition) is 0. The minimum atomic E-state index is -4.51. The molecule has 0 saturated carbocycles. The first-order chi connectivity index (χ1) is 15.3. The third kappa shape index (κ3) is 6.15. The molecule has 1 aliphatic rings. The molecule has 0 N–H and O–H groups in total. The first-order valence-corrected chi connectivity index (χ1v) is 10.4. The highest BCUT2D eigenvalue weighted by atomic mass is 19.4. The van der Waals surface area contributed by atoms with Gasteiger partial charge in [0.15, 0.2) is 6.61 Å². The number of benzene rings is 2. The number of rotatable bonds is 7. The normalized spacial score (nSPS) is 14.2. The first kappa shape index (κ1) is 23.4. The van der Waals surface area contributed by atoms with Gasteiger partial charge in [0.1, 0.15) is 11.5 Å². The quantitative estimate of drug-likeness (QED) is 0.643. The van der Waals surface area contributed by atoms with E-state index in [-0.39, 0.29) is 44.3 Å². The van der Waals surface area contributed by atoms with Crippen LogP contribution >= 0.6 is 0 Å². The van der Waals surface area contributed by atoms with Crippen LogP contribution in [0, 0.1) is 0 Å². The van der Waals surface area contributed by atoms with Crippen LogP contribution in [-0.4, -0.2) is 61.0 Å². The molecule has 0 radical (unpaired) electrons. The van der Waals surface area contributed by atoms with Crippen molar-refractivity contribution in [3.8, 4) is 11.5 Å². The maximum atomic E-state index is 12.9. The van der Waals surface area contributed by atoms with Crippen molar-refractivity contribution >= 4 is 11.8 Å². The lowest BCUT2D eigenvalue weighted by atomic mass is 10.1. The third-order valence-electron chi connectivity index (χ3n) is 5.02. The molecule has 172 valence electrons. The number of piperazine rings is 1. The van der Waals surface area contributed by atoms with Crippen molar-refractivity contribution in [2.75, 3.05) is 39.4 Å². The van der Waals surface area contributed by atoms with Gasteiger partial charge in [-0.25, -0.2) is 0 Å². The van der Waals surface area contributed by atoms with Crippen LogP contribution in [-0.2, 0) is 11.0 Å². The summed E-state index contributed by atoms with van der Waals surface area (Å²) in [4.78, 5) is 28.0. The van der Waals surface area contributed by atoms with Crippen LogP contribution in [0.25, 0.3) is 0 Å². The van der Waals surface area contributed by atoms with Crippen molar-refractivity contribution in [3.05, 3.63) is 59.7 Å². The van der Waals surface area contributed by atoms with Crippen LogP contribution in [0.15, 0.2) is 48.5 Å². The van der Waals surface area contributed by atoms with Gasteiger partial charge in [0.25, 0.3) is 11.8 Å². The Hall–Kier alpha value is -3.23. The highest BCUT2D eigenvalue weighted by molar-refractivity contribution is 5.94. The molecule has 2 aromatic carbocycles. The summed E-state index contributed by atoms with van der Waals surface area (Å²) in [5.74, 6) is 0.569. The Kier molecular flexibility index (Phi) is 7.61. The summed E-state index contributed by atoms with van der Waals surface area (Å²) in [7, 11) is 0. The number of ether oxygens (including phenoxy) is 2. The Bertz CT molecular complexity index is 924. The van der Waals surface area contributed by atoms with Gasteiger partial charge in [-0.15, -0.1) is 0 Å². The van der Waals surface area contributed by atoms with E-state index >= 15 is 0 Å². The van der Waals surface area contributed by atoms with E-state index in [4.69, 9.17) is 9.47 Å². The summed E-state index contributed by atoms with van der Waals surface area (Å²) in [6, 6.07) is 11.4. The number of carbonyl (C=O) groups is 2. The molecule has 0 unspecified atom stereocenters. The van der Waals surface area contributed by atoms with Crippen LogP contribution in [0.3, 0.4) is 0 Å². The molecule has 0 spiro atoms. The van der Waals surface area contributed by atoms with E-state index in [0.717, 1.165) is 24.3 Å². The second kappa shape index (κ2) is 10.4. The maximum absolute atomic E-state index is 12.9. The molecule has 2 amide bonds. The van der Waals surface area contributed by atoms with Gasteiger partial charge in [-0.2, -0.15) is 13.2 Å². The van der Waals surface area contributed by atoms with E-state index in [0.29, 0.717) is 12.4 Å². The standard InChI is InChI=1S/C23H25F3N2O4/c1-2-14-31-19-6-8-20(9-7-19)32-16-21(29)27-10-12-28(13-11-27)22(30)17-4-3-5-18(15-17)23(24,25)26/h3-9,15H,2,10-14,16H2,1H3. The predicted molar refractivity (Wildman–Crippen MR) is 112 cm³/mol. The fourth-order valence-electron chi connectivity index (χ4n) is 3.26. The molecule has 1 fully saturated rings. The average molecular weight is 450 g/mol. The fourth-order valence-corrected chi connectivity index (χ4v) is 3.26. The Morgan fingerprint density at radius 1 is 0.906 bits per heavy atom. The summed E-state index contributed by atoms with van der Waals surface area (Å²) in [6.07, 6.45) is -3.60. The van der Waals surface area contributed by atoms with Crippen molar-refractivity contribution in [2.45, 2.75) is 19.5 Å². The van der Waals surface area contributed by atoms with Crippen molar-refractivity contribution in [1.82, 2.24) is 9.80 Å². The molecule has 2 aromatic rings. The fraction of sp³-hybridized carbons (Fsp3) is 0.391. The van der Waals surface area contributed by atoms with Gasteiger partial charge in [0, 0.05) is 31.7 Å². The Morgan fingerprint density at radius 2 is 1.50 bits per heavy atom. The Morgan fingerprint density at radius 3 is 2.09 bits per heavy atom. The lowest BCUT2D eigenvalue weighted by Crippen LogP contribution is -2.51. The number of nitrogens with zero attached hydrogens (tertiary/aromatic N) is 2. The number of halogens is 3. The van der Waals surface area contributed by atoms with Crippen molar-refractivity contribution in [2.24, 2.45) is 0 Å². The van der Waals surface area contributed by atoms with Crippen LogP contribution in [0.4, 0.5) is 13.2 Å². The smallest absolute Gasteiger partial charge is 0.416 e. The summed E-state index contributed by atoms with van der Waals surface area (Å²) in [5, 5.41) is 0. The molecule has 0 aromatic heterocycles. The lowest BCUT2D eigenvalue weighted by molar-refractivity contribution is -0.137. The summed E-state index contributed by atoms with van der Waals surface area (Å²) >= 11 is 0. The second-order valence-electron chi connectivity index (χ2n) is 7.36. The summed E-state index contributed by atoms with van der Waals surface area (Å²) in [5.41, 5.74) is -0.881. The molecular weight excluding hydrogens is 425 g/mol. The molecule has 6 nitrogen and oxygen atoms in total. The predicted octanol–water partition coefficient (Wildman–Crippen LogP) is 3.86. The Labute approximate surface area is 184 Å². The number of hydrogen-bond acceptors (Lipinski definition) is 4. The van der Waals surface area contributed by atoms with E-state index < -0.39 is 17.6 Å².